The highest BCUT2D eigenvalue weighted by atomic mass is 19.1. The van der Waals surface area contributed by atoms with E-state index < -0.39 is 28.0 Å². The van der Waals surface area contributed by atoms with Crippen LogP contribution in [0.5, 0.6) is 0 Å². The molecule has 0 aromatic heterocycles. The maximum absolute atomic E-state index is 13.9. The van der Waals surface area contributed by atoms with Gasteiger partial charge >= 0.3 is 0 Å². The fourth-order valence-electron chi connectivity index (χ4n) is 2.57. The van der Waals surface area contributed by atoms with E-state index in [0.29, 0.717) is 13.1 Å². The molecule has 1 aliphatic rings. The average molecular weight is 295 g/mol. The lowest BCUT2D eigenvalue weighted by Crippen LogP contribution is -2.35. The van der Waals surface area contributed by atoms with Crippen molar-refractivity contribution in [2.24, 2.45) is 0 Å². The third-order valence-corrected chi connectivity index (χ3v) is 3.73. The van der Waals surface area contributed by atoms with E-state index in [1.54, 1.807) is 0 Å². The third-order valence-electron chi connectivity index (χ3n) is 3.73. The Balaban J connectivity index is 2.33. The van der Waals surface area contributed by atoms with Gasteiger partial charge in [-0.3, -0.25) is 14.9 Å². The summed E-state index contributed by atoms with van der Waals surface area (Å²) in [6, 6.07) is 1.90. The van der Waals surface area contributed by atoms with Crippen LogP contribution in [-0.4, -0.2) is 28.8 Å². The van der Waals surface area contributed by atoms with E-state index in [1.807, 2.05) is 0 Å². The minimum absolute atomic E-state index is 0.384. The van der Waals surface area contributed by atoms with E-state index in [0.717, 1.165) is 44.2 Å². The molecule has 0 saturated carbocycles. The predicted octanol–water partition coefficient (Wildman–Crippen LogP) is 2.72. The van der Waals surface area contributed by atoms with Crippen molar-refractivity contribution < 1.29 is 14.1 Å². The van der Waals surface area contributed by atoms with Gasteiger partial charge in [-0.05, 0) is 18.9 Å². The normalized spacial score (nSPS) is 16.1. The SMILES string of the molecule is Nc1c([N+](=O)[O-])ccc(F)c1C(=O)N1CCCCCCC1. The van der Waals surface area contributed by atoms with Gasteiger partial charge in [-0.15, -0.1) is 0 Å². The Kier molecular flexibility index (Phi) is 4.72. The maximum atomic E-state index is 13.9. The Morgan fingerprint density at radius 1 is 1.19 bits per heavy atom. The summed E-state index contributed by atoms with van der Waals surface area (Å²) >= 11 is 0. The van der Waals surface area contributed by atoms with Gasteiger partial charge in [-0.2, -0.15) is 0 Å². The van der Waals surface area contributed by atoms with Gasteiger partial charge in [0.05, 0.1) is 4.92 Å². The Bertz CT molecular complexity index is 555. The molecule has 0 radical (unpaired) electrons. The second kappa shape index (κ2) is 6.51. The fraction of sp³-hybridized carbons (Fsp3) is 0.500. The highest BCUT2D eigenvalue weighted by molar-refractivity contribution is 6.01. The van der Waals surface area contributed by atoms with Crippen molar-refractivity contribution in [1.82, 2.24) is 4.90 Å². The fourth-order valence-corrected chi connectivity index (χ4v) is 2.57. The van der Waals surface area contributed by atoms with E-state index in [-0.39, 0.29) is 5.56 Å². The molecule has 1 aromatic rings. The smallest absolute Gasteiger partial charge is 0.293 e. The number of halogens is 1. The van der Waals surface area contributed by atoms with Crippen LogP contribution in [-0.2, 0) is 0 Å². The van der Waals surface area contributed by atoms with E-state index in [4.69, 9.17) is 5.73 Å². The van der Waals surface area contributed by atoms with Crippen molar-refractivity contribution in [3.8, 4) is 0 Å². The third kappa shape index (κ3) is 3.29. The van der Waals surface area contributed by atoms with Crippen LogP contribution in [0.15, 0.2) is 12.1 Å². The standard InChI is InChI=1S/C14H18FN3O3/c15-10-6-7-11(18(20)21)13(16)12(10)14(19)17-8-4-2-1-3-5-9-17/h6-7H,1-5,8-9,16H2. The average Bonchev–Trinajstić information content (AvgIpc) is 2.37. The Labute approximate surface area is 121 Å². The van der Waals surface area contributed by atoms with E-state index in [2.05, 4.69) is 0 Å². The predicted molar refractivity (Wildman–Crippen MR) is 76.5 cm³/mol. The zero-order chi connectivity index (χ0) is 15.4. The highest BCUT2D eigenvalue weighted by Gasteiger charge is 2.27. The first-order chi connectivity index (χ1) is 10.0. The van der Waals surface area contributed by atoms with Gasteiger partial charge in [0.15, 0.2) is 0 Å². The maximum Gasteiger partial charge on any atom is 0.293 e. The first kappa shape index (κ1) is 15.2. The number of likely N-dealkylation sites (tertiary alicyclic amines) is 1. The van der Waals surface area contributed by atoms with Crippen LogP contribution in [0.4, 0.5) is 15.8 Å². The molecule has 0 aliphatic carbocycles. The molecule has 21 heavy (non-hydrogen) atoms. The Morgan fingerprint density at radius 2 is 1.76 bits per heavy atom. The van der Waals surface area contributed by atoms with Crippen LogP contribution in [0.25, 0.3) is 0 Å². The van der Waals surface area contributed by atoms with Gasteiger partial charge in [0, 0.05) is 19.2 Å². The Morgan fingerprint density at radius 3 is 2.33 bits per heavy atom. The van der Waals surface area contributed by atoms with Crippen LogP contribution >= 0.6 is 0 Å². The Hall–Kier alpha value is -2.18. The number of anilines is 1. The highest BCUT2D eigenvalue weighted by Crippen LogP contribution is 2.29. The summed E-state index contributed by atoms with van der Waals surface area (Å²) in [5.74, 6) is -1.37. The summed E-state index contributed by atoms with van der Waals surface area (Å²) in [4.78, 5) is 24.2. The van der Waals surface area contributed by atoms with Gasteiger partial charge in [-0.1, -0.05) is 19.3 Å². The molecule has 1 amide bonds. The molecule has 0 spiro atoms. The lowest BCUT2D eigenvalue weighted by Gasteiger charge is -2.25. The van der Waals surface area contributed by atoms with E-state index in [9.17, 15) is 19.3 Å². The van der Waals surface area contributed by atoms with Crippen molar-refractivity contribution in [3.63, 3.8) is 0 Å². The van der Waals surface area contributed by atoms with Gasteiger partial charge in [0.25, 0.3) is 11.6 Å². The lowest BCUT2D eigenvalue weighted by molar-refractivity contribution is -0.384. The molecule has 1 fully saturated rings. The largest absolute Gasteiger partial charge is 0.392 e. The number of benzene rings is 1. The van der Waals surface area contributed by atoms with Crippen molar-refractivity contribution in [1.29, 1.82) is 0 Å². The topological polar surface area (TPSA) is 89.5 Å². The molecule has 114 valence electrons. The van der Waals surface area contributed by atoms with Crippen molar-refractivity contribution >= 4 is 17.3 Å². The summed E-state index contributed by atoms with van der Waals surface area (Å²) in [6.07, 6.45) is 4.88. The van der Waals surface area contributed by atoms with Crippen LogP contribution in [0.2, 0.25) is 0 Å². The quantitative estimate of drug-likeness (QED) is 0.516. The van der Waals surface area contributed by atoms with Gasteiger partial charge in [0.2, 0.25) is 0 Å². The minimum Gasteiger partial charge on any atom is -0.392 e. The molecule has 2 N–H and O–H groups in total. The number of nitrogens with two attached hydrogens (primary N) is 1. The summed E-state index contributed by atoms with van der Waals surface area (Å²) in [7, 11) is 0. The molecular formula is C14H18FN3O3. The first-order valence-electron chi connectivity index (χ1n) is 7.04. The van der Waals surface area contributed by atoms with Crippen molar-refractivity contribution in [3.05, 3.63) is 33.6 Å². The van der Waals surface area contributed by atoms with Gasteiger partial charge in [0.1, 0.15) is 17.1 Å². The summed E-state index contributed by atoms with van der Waals surface area (Å²) in [5, 5.41) is 10.9. The molecule has 0 unspecified atom stereocenters. The van der Waals surface area contributed by atoms with Crippen LogP contribution in [0.3, 0.4) is 0 Å². The molecule has 1 saturated heterocycles. The van der Waals surface area contributed by atoms with Crippen molar-refractivity contribution in [2.75, 3.05) is 18.8 Å². The minimum atomic E-state index is -0.815. The number of nitrogens with zero attached hydrogens (tertiary/aromatic N) is 2. The second-order valence-corrected chi connectivity index (χ2v) is 5.17. The summed E-state index contributed by atoms with van der Waals surface area (Å²) in [5.41, 5.74) is 4.41. The number of carbonyl (C=O) groups is 1. The number of nitrogen functional groups attached to an aromatic ring is 1. The lowest BCUT2D eigenvalue weighted by atomic mass is 10.1. The number of rotatable bonds is 2. The van der Waals surface area contributed by atoms with Crippen LogP contribution in [0, 0.1) is 15.9 Å². The molecule has 2 rings (SSSR count). The zero-order valence-electron chi connectivity index (χ0n) is 11.7. The number of hydrogen-bond donors (Lipinski definition) is 1. The number of nitro benzene ring substituents is 1. The number of nitro groups is 1. The summed E-state index contributed by atoms with van der Waals surface area (Å²) in [6.45, 7) is 1.06. The number of hydrogen-bond acceptors (Lipinski definition) is 4. The van der Waals surface area contributed by atoms with E-state index >= 15 is 0 Å². The monoisotopic (exact) mass is 295 g/mol. The number of carbonyl (C=O) groups excluding carboxylic acids is 1. The molecule has 0 atom stereocenters. The first-order valence-corrected chi connectivity index (χ1v) is 7.04. The second-order valence-electron chi connectivity index (χ2n) is 5.17. The van der Waals surface area contributed by atoms with Crippen LogP contribution < -0.4 is 5.73 Å². The molecule has 1 heterocycles. The van der Waals surface area contributed by atoms with Gasteiger partial charge in [-0.25, -0.2) is 4.39 Å². The van der Waals surface area contributed by atoms with Crippen LogP contribution in [0.1, 0.15) is 42.5 Å². The molecule has 7 heteroatoms. The molecule has 1 aromatic carbocycles. The molecular weight excluding hydrogens is 277 g/mol. The van der Waals surface area contributed by atoms with Crippen molar-refractivity contribution in [2.45, 2.75) is 32.1 Å². The van der Waals surface area contributed by atoms with E-state index in [1.165, 1.54) is 4.90 Å². The molecule has 1 aliphatic heterocycles. The zero-order valence-corrected chi connectivity index (χ0v) is 11.7. The number of amides is 1. The molecule has 0 bridgehead atoms. The molecule has 6 nitrogen and oxygen atoms in total. The van der Waals surface area contributed by atoms with Gasteiger partial charge < -0.3 is 10.6 Å². The summed E-state index contributed by atoms with van der Waals surface area (Å²) < 4.78 is 13.9.